The molecule has 0 fully saturated rings. The number of carbonyl (C=O) groups excluding carboxylic acids is 2. The Morgan fingerprint density at radius 1 is 1.04 bits per heavy atom. The highest BCUT2D eigenvalue weighted by Crippen LogP contribution is 2.40. The first-order valence-corrected chi connectivity index (χ1v) is 7.73. The van der Waals surface area contributed by atoms with Gasteiger partial charge in [-0.3, -0.25) is 4.79 Å². The van der Waals surface area contributed by atoms with Crippen LogP contribution in [-0.2, 0) is 14.3 Å². The van der Waals surface area contributed by atoms with Gasteiger partial charge in [0.2, 0.25) is 0 Å². The molecule has 0 N–H and O–H groups in total. The fraction of sp³-hybridized carbons (Fsp3) is 0.200. The lowest BCUT2D eigenvalue weighted by atomic mass is 9.87. The molecular weight excluding hydrogens is 304 g/mol. The summed E-state index contributed by atoms with van der Waals surface area (Å²) in [4.78, 5) is 24.3. The van der Waals surface area contributed by atoms with Gasteiger partial charge in [-0.15, -0.1) is 0 Å². The molecule has 0 bridgehead atoms. The summed E-state index contributed by atoms with van der Waals surface area (Å²) in [7, 11) is 0. The maximum atomic E-state index is 12.3. The van der Waals surface area contributed by atoms with E-state index in [0.29, 0.717) is 11.3 Å². The van der Waals surface area contributed by atoms with Gasteiger partial charge in [0.25, 0.3) is 0 Å². The van der Waals surface area contributed by atoms with Gasteiger partial charge in [0.1, 0.15) is 17.9 Å². The highest BCUT2D eigenvalue weighted by molar-refractivity contribution is 6.25. The lowest BCUT2D eigenvalue weighted by molar-refractivity contribution is -0.147. The first-order chi connectivity index (χ1) is 11.5. The van der Waals surface area contributed by atoms with Crippen molar-refractivity contribution < 1.29 is 19.1 Å². The number of ketones is 1. The molecule has 2 aromatic carbocycles. The molecule has 0 radical (unpaired) electrons. The Labute approximate surface area is 140 Å². The van der Waals surface area contributed by atoms with Crippen molar-refractivity contribution in [1.29, 1.82) is 0 Å². The molecule has 24 heavy (non-hydrogen) atoms. The number of ether oxygens (including phenoxy) is 2. The van der Waals surface area contributed by atoms with E-state index in [4.69, 9.17) is 9.47 Å². The molecule has 1 aliphatic rings. The van der Waals surface area contributed by atoms with Gasteiger partial charge in [-0.25, -0.2) is 4.79 Å². The molecule has 0 aliphatic carbocycles. The Bertz CT molecular complexity index is 793. The van der Waals surface area contributed by atoms with E-state index in [-0.39, 0.29) is 18.0 Å². The number of hydrogen-bond acceptors (Lipinski definition) is 4. The molecule has 4 nitrogen and oxygen atoms in total. The second-order valence-corrected chi connectivity index (χ2v) is 5.89. The topological polar surface area (TPSA) is 52.6 Å². The Kier molecular flexibility index (Phi) is 4.21. The molecule has 1 aliphatic heterocycles. The van der Waals surface area contributed by atoms with Gasteiger partial charge >= 0.3 is 5.97 Å². The quantitative estimate of drug-likeness (QED) is 0.625. The summed E-state index contributed by atoms with van der Waals surface area (Å²) in [5.74, 6) is -0.221. The molecule has 1 atom stereocenters. The minimum absolute atomic E-state index is 0.0976. The smallest absolute Gasteiger partial charge is 0.343 e. The monoisotopic (exact) mass is 322 g/mol. The first-order valence-electron chi connectivity index (χ1n) is 7.73. The summed E-state index contributed by atoms with van der Waals surface area (Å²) in [5.41, 5.74) is 0.444. The predicted molar refractivity (Wildman–Crippen MR) is 90.5 cm³/mol. The van der Waals surface area contributed by atoms with Crippen molar-refractivity contribution in [3.63, 3.8) is 0 Å². The van der Waals surface area contributed by atoms with E-state index in [9.17, 15) is 9.59 Å². The third-order valence-electron chi connectivity index (χ3n) is 3.97. The van der Waals surface area contributed by atoms with Gasteiger partial charge in [-0.2, -0.15) is 0 Å². The van der Waals surface area contributed by atoms with Crippen molar-refractivity contribution >= 4 is 17.3 Å². The zero-order valence-electron chi connectivity index (χ0n) is 13.6. The molecule has 0 aromatic heterocycles. The molecule has 0 spiro atoms. The number of Topliss-reactive ketones (excluding diaryl/α,β-unsaturated/α-hetero) is 1. The van der Waals surface area contributed by atoms with Crippen molar-refractivity contribution in [1.82, 2.24) is 0 Å². The summed E-state index contributed by atoms with van der Waals surface area (Å²) in [5, 5.41) is 0. The second kappa shape index (κ2) is 6.32. The van der Waals surface area contributed by atoms with Crippen LogP contribution in [0, 0.1) is 0 Å². The Hall–Kier alpha value is -2.88. The molecule has 4 heteroatoms. The third kappa shape index (κ3) is 2.95. The van der Waals surface area contributed by atoms with E-state index in [1.54, 1.807) is 6.92 Å². The average molecular weight is 322 g/mol. The maximum absolute atomic E-state index is 12.3. The van der Waals surface area contributed by atoms with Crippen LogP contribution in [0.15, 0.2) is 66.2 Å². The van der Waals surface area contributed by atoms with Gasteiger partial charge in [0.05, 0.1) is 0 Å². The van der Waals surface area contributed by atoms with Crippen LogP contribution >= 0.6 is 0 Å². The fourth-order valence-corrected chi connectivity index (χ4v) is 2.89. The van der Waals surface area contributed by atoms with Gasteiger partial charge in [-0.1, -0.05) is 48.5 Å². The predicted octanol–water partition coefficient (Wildman–Crippen LogP) is 3.42. The molecule has 0 saturated carbocycles. The van der Waals surface area contributed by atoms with Gasteiger partial charge in [-0.05, 0) is 31.5 Å². The number of rotatable bonds is 5. The van der Waals surface area contributed by atoms with Gasteiger partial charge in [0, 0.05) is 5.57 Å². The second-order valence-electron chi connectivity index (χ2n) is 5.89. The number of cyclic esters (lactones) is 1. The van der Waals surface area contributed by atoms with E-state index in [2.05, 4.69) is 0 Å². The Balaban J connectivity index is 1.99. The SMILES string of the molecule is CC(=O)C1=C(c2ccccc2)C(C)(COc2ccccc2)OC1=O. The summed E-state index contributed by atoms with van der Waals surface area (Å²) < 4.78 is 11.4. The van der Waals surface area contributed by atoms with Crippen molar-refractivity contribution in [2.45, 2.75) is 19.4 Å². The standard InChI is InChI=1S/C20H18O4/c1-14(21)17-18(15-9-5-3-6-10-15)20(2,24-19(17)22)13-23-16-11-7-4-8-12-16/h3-12H,13H2,1-2H3. The molecule has 2 aromatic rings. The minimum Gasteiger partial charge on any atom is -0.489 e. The Morgan fingerprint density at radius 3 is 2.21 bits per heavy atom. The van der Waals surface area contributed by atoms with Crippen LogP contribution in [0.25, 0.3) is 5.57 Å². The third-order valence-corrected chi connectivity index (χ3v) is 3.97. The summed E-state index contributed by atoms with van der Waals surface area (Å²) in [6.45, 7) is 3.28. The van der Waals surface area contributed by atoms with Crippen LogP contribution in [0.2, 0.25) is 0 Å². The number of para-hydroxylation sites is 1. The highest BCUT2D eigenvalue weighted by Gasteiger charge is 2.46. The van der Waals surface area contributed by atoms with E-state index in [0.717, 1.165) is 5.56 Å². The summed E-state index contributed by atoms with van der Waals surface area (Å²) >= 11 is 0. The van der Waals surface area contributed by atoms with Gasteiger partial charge in [0.15, 0.2) is 11.4 Å². The lowest BCUT2D eigenvalue weighted by Crippen LogP contribution is -2.34. The number of esters is 1. The van der Waals surface area contributed by atoms with Crippen molar-refractivity contribution in [3.05, 3.63) is 71.8 Å². The summed E-state index contributed by atoms with van der Waals surface area (Å²) in [6.07, 6.45) is 0. The maximum Gasteiger partial charge on any atom is 0.343 e. The number of carbonyl (C=O) groups is 2. The van der Waals surface area contributed by atoms with Crippen molar-refractivity contribution in [2.24, 2.45) is 0 Å². The fourth-order valence-electron chi connectivity index (χ4n) is 2.89. The normalized spacial score (nSPS) is 20.0. The van der Waals surface area contributed by atoms with Crippen LogP contribution in [0.5, 0.6) is 5.75 Å². The lowest BCUT2D eigenvalue weighted by Gasteiger charge is -2.27. The molecule has 122 valence electrons. The van der Waals surface area contributed by atoms with Crippen LogP contribution in [-0.4, -0.2) is 24.0 Å². The largest absolute Gasteiger partial charge is 0.489 e. The highest BCUT2D eigenvalue weighted by atomic mass is 16.6. The van der Waals surface area contributed by atoms with Crippen LogP contribution in [0.4, 0.5) is 0 Å². The van der Waals surface area contributed by atoms with Crippen LogP contribution in [0.3, 0.4) is 0 Å². The average Bonchev–Trinajstić information content (AvgIpc) is 2.86. The minimum atomic E-state index is -1.02. The zero-order valence-corrected chi connectivity index (χ0v) is 13.6. The molecule has 3 rings (SSSR count). The van der Waals surface area contributed by atoms with Gasteiger partial charge < -0.3 is 9.47 Å². The number of benzene rings is 2. The first kappa shape index (κ1) is 16.0. The number of hydrogen-bond donors (Lipinski definition) is 0. The van der Waals surface area contributed by atoms with E-state index in [1.807, 2.05) is 60.7 Å². The van der Waals surface area contributed by atoms with Crippen LogP contribution in [0.1, 0.15) is 19.4 Å². The van der Waals surface area contributed by atoms with E-state index in [1.165, 1.54) is 6.92 Å². The summed E-state index contributed by atoms with van der Waals surface area (Å²) in [6, 6.07) is 18.6. The Morgan fingerprint density at radius 2 is 1.62 bits per heavy atom. The molecule has 1 heterocycles. The molecule has 0 saturated heterocycles. The van der Waals surface area contributed by atoms with E-state index >= 15 is 0 Å². The molecular formula is C20H18O4. The zero-order chi connectivity index (χ0) is 17.2. The van der Waals surface area contributed by atoms with Crippen molar-refractivity contribution in [2.75, 3.05) is 6.61 Å². The van der Waals surface area contributed by atoms with Crippen molar-refractivity contribution in [3.8, 4) is 5.75 Å². The van der Waals surface area contributed by atoms with E-state index < -0.39 is 11.6 Å². The molecule has 1 unspecified atom stereocenters. The van der Waals surface area contributed by atoms with Crippen LogP contribution < -0.4 is 4.74 Å². The molecule has 0 amide bonds.